The number of thioether (sulfide) groups is 1. The Morgan fingerprint density at radius 2 is 2.54 bits per heavy atom. The number of carbonyl (C=O) groups excluding carboxylic acids is 1. The molecule has 76 valence electrons. The van der Waals surface area contributed by atoms with E-state index in [1.54, 1.807) is 11.8 Å². The second-order valence-electron chi connectivity index (χ2n) is 3.55. The van der Waals surface area contributed by atoms with Gasteiger partial charge in [0.2, 0.25) is 5.91 Å². The van der Waals surface area contributed by atoms with Crippen molar-refractivity contribution < 1.29 is 4.79 Å². The quantitative estimate of drug-likeness (QED) is 0.696. The highest BCUT2D eigenvalue weighted by Gasteiger charge is 2.22. The summed E-state index contributed by atoms with van der Waals surface area (Å²) in [6, 6.07) is 0.295. The van der Waals surface area contributed by atoms with E-state index < -0.39 is 0 Å². The summed E-state index contributed by atoms with van der Waals surface area (Å²) in [5, 5.41) is 6.22. The number of nitrogens with one attached hydrogen (secondary N) is 2. The minimum Gasteiger partial charge on any atom is -0.353 e. The maximum atomic E-state index is 11.6. The van der Waals surface area contributed by atoms with Crippen LogP contribution in [-0.4, -0.2) is 37.0 Å². The number of amides is 1. The summed E-state index contributed by atoms with van der Waals surface area (Å²) in [4.78, 5) is 11.6. The summed E-state index contributed by atoms with van der Waals surface area (Å²) in [7, 11) is 0. The summed E-state index contributed by atoms with van der Waals surface area (Å²) in [6.07, 6.45) is 3.04. The molecule has 2 N–H and O–H groups in total. The van der Waals surface area contributed by atoms with Crippen molar-refractivity contribution in [3.05, 3.63) is 0 Å². The van der Waals surface area contributed by atoms with Crippen LogP contribution in [-0.2, 0) is 4.79 Å². The van der Waals surface area contributed by atoms with Crippen LogP contribution in [0.1, 0.15) is 13.3 Å². The van der Waals surface area contributed by atoms with Crippen molar-refractivity contribution in [3.8, 4) is 0 Å². The molecule has 3 nitrogen and oxygen atoms in total. The minimum absolute atomic E-state index is 0.198. The van der Waals surface area contributed by atoms with Crippen molar-refractivity contribution in [1.82, 2.24) is 10.6 Å². The molecule has 2 unspecified atom stereocenters. The Morgan fingerprint density at radius 1 is 1.77 bits per heavy atom. The normalized spacial score (nSPS) is 24.3. The molecule has 0 aromatic heterocycles. The van der Waals surface area contributed by atoms with Crippen LogP contribution in [0.3, 0.4) is 0 Å². The standard InChI is InChI=1S/C9H18N2OS/c1-7(6-13-2)11-9(12)8-3-4-10-5-8/h7-8,10H,3-6H2,1-2H3,(H,11,12). The van der Waals surface area contributed by atoms with Gasteiger partial charge < -0.3 is 10.6 Å². The third-order valence-electron chi connectivity index (χ3n) is 2.24. The van der Waals surface area contributed by atoms with Crippen molar-refractivity contribution in [1.29, 1.82) is 0 Å². The fourth-order valence-electron chi connectivity index (χ4n) is 1.53. The van der Waals surface area contributed by atoms with E-state index in [-0.39, 0.29) is 11.8 Å². The Bertz CT molecular complexity index is 169. The summed E-state index contributed by atoms with van der Waals surface area (Å²) >= 11 is 1.76. The largest absolute Gasteiger partial charge is 0.353 e. The van der Waals surface area contributed by atoms with Gasteiger partial charge in [0, 0.05) is 18.3 Å². The molecule has 2 atom stereocenters. The van der Waals surface area contributed by atoms with Crippen molar-refractivity contribution in [2.24, 2.45) is 5.92 Å². The summed E-state index contributed by atoms with van der Waals surface area (Å²) in [5.41, 5.74) is 0. The van der Waals surface area contributed by atoms with Gasteiger partial charge in [0.05, 0.1) is 5.92 Å². The Kier molecular flexibility index (Phi) is 4.59. The SMILES string of the molecule is CSCC(C)NC(=O)C1CCNC1. The summed E-state index contributed by atoms with van der Waals surface area (Å²) in [5.74, 6) is 1.40. The Labute approximate surface area is 84.0 Å². The lowest BCUT2D eigenvalue weighted by Crippen LogP contribution is -2.39. The molecule has 1 rings (SSSR count). The fraction of sp³-hybridized carbons (Fsp3) is 0.889. The van der Waals surface area contributed by atoms with Crippen LogP contribution in [0.15, 0.2) is 0 Å². The van der Waals surface area contributed by atoms with Crippen LogP contribution >= 0.6 is 11.8 Å². The zero-order chi connectivity index (χ0) is 9.68. The van der Waals surface area contributed by atoms with E-state index in [2.05, 4.69) is 23.8 Å². The van der Waals surface area contributed by atoms with Crippen LogP contribution in [0.5, 0.6) is 0 Å². The maximum Gasteiger partial charge on any atom is 0.224 e. The minimum atomic E-state index is 0.198. The third-order valence-corrected chi connectivity index (χ3v) is 3.07. The van der Waals surface area contributed by atoms with Gasteiger partial charge in [-0.2, -0.15) is 11.8 Å². The second kappa shape index (κ2) is 5.50. The average molecular weight is 202 g/mol. The molecule has 0 aliphatic carbocycles. The molecule has 0 aromatic rings. The van der Waals surface area contributed by atoms with E-state index in [1.807, 2.05) is 0 Å². The van der Waals surface area contributed by atoms with Gasteiger partial charge >= 0.3 is 0 Å². The molecule has 1 amide bonds. The molecule has 1 fully saturated rings. The van der Waals surface area contributed by atoms with Gasteiger partial charge in [-0.3, -0.25) is 4.79 Å². The molecular weight excluding hydrogens is 184 g/mol. The van der Waals surface area contributed by atoms with Crippen molar-refractivity contribution >= 4 is 17.7 Å². The van der Waals surface area contributed by atoms with Crippen molar-refractivity contribution in [2.45, 2.75) is 19.4 Å². The molecule has 1 aliphatic rings. The first-order valence-electron chi connectivity index (χ1n) is 4.74. The van der Waals surface area contributed by atoms with E-state index in [0.29, 0.717) is 6.04 Å². The van der Waals surface area contributed by atoms with Crippen LogP contribution in [0, 0.1) is 5.92 Å². The molecule has 0 saturated carbocycles. The van der Waals surface area contributed by atoms with Gasteiger partial charge in [-0.25, -0.2) is 0 Å². The number of hydrogen-bond acceptors (Lipinski definition) is 3. The zero-order valence-corrected chi connectivity index (χ0v) is 9.12. The smallest absolute Gasteiger partial charge is 0.224 e. The Hall–Kier alpha value is -0.220. The Morgan fingerprint density at radius 3 is 3.08 bits per heavy atom. The van der Waals surface area contributed by atoms with Gasteiger partial charge in [-0.05, 0) is 26.1 Å². The number of carbonyl (C=O) groups is 1. The first kappa shape index (κ1) is 10.9. The molecule has 0 bridgehead atoms. The van der Waals surface area contributed by atoms with Gasteiger partial charge in [-0.15, -0.1) is 0 Å². The summed E-state index contributed by atoms with van der Waals surface area (Å²) in [6.45, 7) is 3.88. The molecule has 1 heterocycles. The van der Waals surface area contributed by atoms with Gasteiger partial charge in [-0.1, -0.05) is 0 Å². The predicted octanol–water partition coefficient (Wildman–Crippen LogP) is 0.464. The maximum absolute atomic E-state index is 11.6. The van der Waals surface area contributed by atoms with Crippen LogP contribution in [0.25, 0.3) is 0 Å². The van der Waals surface area contributed by atoms with Gasteiger partial charge in [0.15, 0.2) is 0 Å². The fourth-order valence-corrected chi connectivity index (χ4v) is 2.11. The molecule has 13 heavy (non-hydrogen) atoms. The number of hydrogen-bond donors (Lipinski definition) is 2. The Balaban J connectivity index is 2.23. The van der Waals surface area contributed by atoms with E-state index in [4.69, 9.17) is 0 Å². The third kappa shape index (κ3) is 3.56. The highest BCUT2D eigenvalue weighted by molar-refractivity contribution is 7.98. The van der Waals surface area contributed by atoms with Crippen molar-refractivity contribution in [2.75, 3.05) is 25.1 Å². The molecule has 1 saturated heterocycles. The van der Waals surface area contributed by atoms with Crippen LogP contribution in [0.4, 0.5) is 0 Å². The van der Waals surface area contributed by atoms with E-state index in [1.165, 1.54) is 0 Å². The lowest BCUT2D eigenvalue weighted by atomic mass is 10.1. The molecule has 1 aliphatic heterocycles. The van der Waals surface area contributed by atoms with Crippen LogP contribution < -0.4 is 10.6 Å². The van der Waals surface area contributed by atoms with E-state index in [0.717, 1.165) is 25.3 Å². The van der Waals surface area contributed by atoms with Crippen LogP contribution in [0.2, 0.25) is 0 Å². The van der Waals surface area contributed by atoms with Crippen molar-refractivity contribution in [3.63, 3.8) is 0 Å². The van der Waals surface area contributed by atoms with E-state index >= 15 is 0 Å². The van der Waals surface area contributed by atoms with E-state index in [9.17, 15) is 4.79 Å². The zero-order valence-electron chi connectivity index (χ0n) is 8.30. The first-order chi connectivity index (χ1) is 6.24. The molecule has 0 spiro atoms. The molecule has 4 heteroatoms. The van der Waals surface area contributed by atoms with Gasteiger partial charge in [0.25, 0.3) is 0 Å². The highest BCUT2D eigenvalue weighted by Crippen LogP contribution is 2.08. The topological polar surface area (TPSA) is 41.1 Å². The molecular formula is C9H18N2OS. The van der Waals surface area contributed by atoms with Gasteiger partial charge in [0.1, 0.15) is 0 Å². The monoisotopic (exact) mass is 202 g/mol. The molecule has 0 radical (unpaired) electrons. The molecule has 0 aromatic carbocycles. The first-order valence-corrected chi connectivity index (χ1v) is 6.13. The predicted molar refractivity (Wildman–Crippen MR) is 57.0 cm³/mol. The highest BCUT2D eigenvalue weighted by atomic mass is 32.2. The second-order valence-corrected chi connectivity index (χ2v) is 4.47. The average Bonchev–Trinajstić information content (AvgIpc) is 2.55. The lowest BCUT2D eigenvalue weighted by molar-refractivity contribution is -0.124. The summed E-state index contributed by atoms with van der Waals surface area (Å²) < 4.78 is 0. The lowest BCUT2D eigenvalue weighted by Gasteiger charge is -2.15. The number of rotatable bonds is 4.